The monoisotopic (exact) mass is 738 g/mol. The van der Waals surface area contributed by atoms with Gasteiger partial charge in [0.1, 0.15) is 29.7 Å². The highest BCUT2D eigenvalue weighted by Crippen LogP contribution is 2.62. The molecule has 2 fully saturated rings. The molecular weight excluding hydrogens is 676 g/mol. The summed E-state index contributed by atoms with van der Waals surface area (Å²) in [6.07, 6.45) is 12.6. The summed E-state index contributed by atoms with van der Waals surface area (Å²) in [4.78, 5) is 22.5. The number of carbonyl (C=O) groups excluding carboxylic acids is 1. The van der Waals surface area contributed by atoms with Gasteiger partial charge in [-0.2, -0.15) is 0 Å². The molecule has 1 aromatic carbocycles. The number of aliphatic hydroxyl groups is 3. The predicted molar refractivity (Wildman–Crippen MR) is 204 cm³/mol. The zero-order chi connectivity index (χ0) is 38.0. The minimum absolute atomic E-state index is 0.0315. The summed E-state index contributed by atoms with van der Waals surface area (Å²) >= 11 is 0. The number of amides is 1. The SMILES string of the molecule is C=CCOc1ccc2c(c1)C1C(CCCCO)C(CCCCO)C=C3C(=NOC(C)(C)C)CC(N(CCOCCO)C(=O)C4CC4)C(OCC=C)(O2)C31. The van der Waals surface area contributed by atoms with Gasteiger partial charge in [-0.15, -0.1) is 6.58 Å². The van der Waals surface area contributed by atoms with Gasteiger partial charge in [0.2, 0.25) is 11.7 Å². The normalized spacial score (nSPS) is 26.9. The van der Waals surface area contributed by atoms with Crippen molar-refractivity contribution in [2.45, 2.75) is 102 Å². The van der Waals surface area contributed by atoms with Crippen LogP contribution in [0.5, 0.6) is 11.5 Å². The first-order valence-electron chi connectivity index (χ1n) is 19.6. The van der Waals surface area contributed by atoms with Gasteiger partial charge in [-0.05, 0) is 94.9 Å². The smallest absolute Gasteiger partial charge is 0.239 e. The van der Waals surface area contributed by atoms with Crippen LogP contribution < -0.4 is 9.47 Å². The van der Waals surface area contributed by atoms with Crippen molar-refractivity contribution in [2.24, 2.45) is 28.8 Å². The van der Waals surface area contributed by atoms with E-state index in [0.29, 0.717) is 37.4 Å². The van der Waals surface area contributed by atoms with Gasteiger partial charge >= 0.3 is 0 Å². The number of hydrogen-bond donors (Lipinski definition) is 3. The van der Waals surface area contributed by atoms with Gasteiger partial charge in [0.15, 0.2) is 0 Å². The zero-order valence-electron chi connectivity index (χ0n) is 32.0. The average Bonchev–Trinajstić information content (AvgIpc) is 3.99. The molecule has 2 saturated carbocycles. The van der Waals surface area contributed by atoms with Crippen LogP contribution in [0.2, 0.25) is 0 Å². The van der Waals surface area contributed by atoms with Crippen molar-refractivity contribution in [1.29, 1.82) is 0 Å². The van der Waals surface area contributed by atoms with E-state index < -0.39 is 23.3 Å². The van der Waals surface area contributed by atoms with E-state index in [4.69, 9.17) is 28.9 Å². The molecule has 11 heteroatoms. The fourth-order valence-electron chi connectivity index (χ4n) is 8.40. The average molecular weight is 739 g/mol. The van der Waals surface area contributed by atoms with Crippen LogP contribution >= 0.6 is 0 Å². The van der Waals surface area contributed by atoms with Gasteiger partial charge in [0.05, 0.1) is 38.1 Å². The number of unbranched alkanes of at least 4 members (excludes halogenated alkanes) is 2. The molecule has 0 spiro atoms. The van der Waals surface area contributed by atoms with Crippen molar-refractivity contribution in [3.05, 3.63) is 60.7 Å². The number of oxime groups is 1. The second-order valence-electron chi connectivity index (χ2n) is 15.7. The first kappa shape index (κ1) is 41.0. The molecule has 1 aliphatic heterocycles. The van der Waals surface area contributed by atoms with Crippen LogP contribution in [-0.2, 0) is 19.1 Å². The van der Waals surface area contributed by atoms with Gasteiger partial charge in [0, 0.05) is 43.6 Å². The van der Waals surface area contributed by atoms with E-state index in [2.05, 4.69) is 25.3 Å². The highest BCUT2D eigenvalue weighted by molar-refractivity contribution is 6.03. The van der Waals surface area contributed by atoms with Crippen molar-refractivity contribution in [3.8, 4) is 11.5 Å². The summed E-state index contributed by atoms with van der Waals surface area (Å²) in [5.41, 5.74) is 2.19. The highest BCUT2D eigenvalue weighted by Gasteiger charge is 2.66. The van der Waals surface area contributed by atoms with Crippen LogP contribution in [0, 0.1) is 23.7 Å². The zero-order valence-corrected chi connectivity index (χ0v) is 32.0. The lowest BCUT2D eigenvalue weighted by Gasteiger charge is -2.60. The van der Waals surface area contributed by atoms with Crippen molar-refractivity contribution in [3.63, 3.8) is 0 Å². The van der Waals surface area contributed by atoms with Crippen LogP contribution in [0.25, 0.3) is 0 Å². The maximum Gasteiger partial charge on any atom is 0.239 e. The summed E-state index contributed by atoms with van der Waals surface area (Å²) in [5.74, 6) is -0.290. The Labute approximate surface area is 315 Å². The van der Waals surface area contributed by atoms with Crippen molar-refractivity contribution in [1.82, 2.24) is 4.90 Å². The van der Waals surface area contributed by atoms with E-state index in [1.807, 2.05) is 37.8 Å². The summed E-state index contributed by atoms with van der Waals surface area (Å²) < 4.78 is 26.1. The minimum atomic E-state index is -1.32. The fourth-order valence-corrected chi connectivity index (χ4v) is 8.40. The number of nitrogens with zero attached hydrogens (tertiary/aromatic N) is 2. The Morgan fingerprint density at radius 1 is 1.02 bits per heavy atom. The van der Waals surface area contributed by atoms with E-state index in [0.717, 1.165) is 55.4 Å². The molecule has 3 N–H and O–H groups in total. The molecule has 6 atom stereocenters. The van der Waals surface area contributed by atoms with Gasteiger partial charge in [-0.1, -0.05) is 42.8 Å². The van der Waals surface area contributed by atoms with Gasteiger partial charge in [-0.3, -0.25) is 4.79 Å². The Morgan fingerprint density at radius 2 is 1.75 bits per heavy atom. The maximum atomic E-state index is 14.4. The van der Waals surface area contributed by atoms with E-state index in [1.54, 1.807) is 12.2 Å². The number of carbonyl (C=O) groups is 1. The van der Waals surface area contributed by atoms with Crippen molar-refractivity contribution >= 4 is 11.6 Å². The summed E-state index contributed by atoms with van der Waals surface area (Å²) in [7, 11) is 0. The quantitative estimate of drug-likeness (QED) is 0.0751. The predicted octanol–water partition coefficient (Wildman–Crippen LogP) is 5.93. The second kappa shape index (κ2) is 18.9. The lowest BCUT2D eigenvalue weighted by Crippen LogP contribution is -2.70. The first-order valence-corrected chi connectivity index (χ1v) is 19.6. The van der Waals surface area contributed by atoms with E-state index in [-0.39, 0.29) is 75.8 Å². The molecule has 294 valence electrons. The number of rotatable bonds is 22. The summed E-state index contributed by atoms with van der Waals surface area (Å²) in [6, 6.07) is 5.33. The molecule has 0 saturated heterocycles. The van der Waals surface area contributed by atoms with Crippen molar-refractivity contribution < 1.29 is 43.9 Å². The largest absolute Gasteiger partial charge is 0.490 e. The Balaban J connectivity index is 1.77. The Kier molecular flexibility index (Phi) is 14.6. The lowest BCUT2D eigenvalue weighted by molar-refractivity contribution is -0.258. The van der Waals surface area contributed by atoms with E-state index in [1.165, 1.54) is 0 Å². The molecule has 0 bridgehead atoms. The Morgan fingerprint density at radius 3 is 2.42 bits per heavy atom. The molecule has 6 unspecified atom stereocenters. The minimum Gasteiger partial charge on any atom is -0.490 e. The van der Waals surface area contributed by atoms with Crippen LogP contribution in [0.15, 0.2) is 60.3 Å². The molecule has 1 heterocycles. The maximum absolute atomic E-state index is 14.4. The third kappa shape index (κ3) is 9.72. The van der Waals surface area contributed by atoms with Crippen LogP contribution in [0.4, 0.5) is 0 Å². The summed E-state index contributed by atoms with van der Waals surface area (Å²) in [6.45, 7) is 15.1. The molecule has 1 amide bonds. The molecule has 1 aromatic rings. The van der Waals surface area contributed by atoms with Crippen LogP contribution in [0.1, 0.15) is 90.0 Å². The van der Waals surface area contributed by atoms with Gasteiger partial charge in [0.25, 0.3) is 0 Å². The van der Waals surface area contributed by atoms with Crippen LogP contribution in [-0.4, -0.2) is 102 Å². The number of ether oxygens (including phenoxy) is 4. The third-order valence-electron chi connectivity index (χ3n) is 10.7. The molecular formula is C42H62N2O9. The Bertz CT molecular complexity index is 1450. The molecule has 11 nitrogen and oxygen atoms in total. The number of benzene rings is 1. The number of aliphatic hydroxyl groups excluding tert-OH is 3. The molecule has 0 aromatic heterocycles. The third-order valence-corrected chi connectivity index (χ3v) is 10.7. The molecule has 4 aliphatic rings. The van der Waals surface area contributed by atoms with E-state index >= 15 is 0 Å². The number of hydrogen-bond acceptors (Lipinski definition) is 10. The molecule has 53 heavy (non-hydrogen) atoms. The topological polar surface area (TPSA) is 140 Å². The van der Waals surface area contributed by atoms with Gasteiger partial charge in [-0.25, -0.2) is 0 Å². The number of allylic oxidation sites excluding steroid dienone is 1. The fraction of sp³-hybridized carbons (Fsp3) is 0.667. The second-order valence-corrected chi connectivity index (χ2v) is 15.7. The number of fused-ring (bicyclic) bond motifs is 2. The van der Waals surface area contributed by atoms with E-state index in [9.17, 15) is 20.1 Å². The summed E-state index contributed by atoms with van der Waals surface area (Å²) in [5, 5.41) is 34.0. The van der Waals surface area contributed by atoms with Crippen LogP contribution in [0.3, 0.4) is 0 Å². The molecule has 3 aliphatic carbocycles. The lowest BCUT2D eigenvalue weighted by atomic mass is 9.55. The highest BCUT2D eigenvalue weighted by atomic mass is 16.7. The molecule has 0 radical (unpaired) electrons. The van der Waals surface area contributed by atoms with Gasteiger partial charge < -0.3 is 44.0 Å². The van der Waals surface area contributed by atoms with Crippen molar-refractivity contribution in [2.75, 3.05) is 52.8 Å². The Hall–Kier alpha value is -3.22. The molecule has 5 rings (SSSR count). The standard InChI is InChI=1S/C42H62N2O9/c1-6-22-50-31-16-17-36-34(27-31)38-32(13-9-11-20-46)30(12-8-10-19-45)26-33-35(43-53-41(3,4)5)28-37(42(52-36,39(33)38)51-23-7-2)44(18-24-49-25-21-47)40(48)29-14-15-29/h6-7,16-17,26-27,29-30,32,37-39,45-47H,1-2,8-15,18-25,28H2,3-5H3. The first-order chi connectivity index (χ1) is 25.6.